The molecule has 5 heteroatoms. The molecule has 2 aliphatic carbocycles. The maximum atomic E-state index is 14.4. The van der Waals surface area contributed by atoms with E-state index in [1.165, 1.54) is 6.07 Å². The summed E-state index contributed by atoms with van der Waals surface area (Å²) in [7, 11) is 0. The highest BCUT2D eigenvalue weighted by Crippen LogP contribution is 2.35. The van der Waals surface area contributed by atoms with Gasteiger partial charge in [-0.25, -0.2) is 4.39 Å². The van der Waals surface area contributed by atoms with Gasteiger partial charge in [0.05, 0.1) is 12.5 Å². The molecule has 1 aromatic carbocycles. The average molecular weight is 419 g/mol. The molecule has 0 spiro atoms. The van der Waals surface area contributed by atoms with Crippen molar-refractivity contribution in [2.75, 3.05) is 6.61 Å². The lowest BCUT2D eigenvalue weighted by Crippen LogP contribution is -2.28. The van der Waals surface area contributed by atoms with Gasteiger partial charge in [-0.2, -0.15) is 4.39 Å². The van der Waals surface area contributed by atoms with Crippen molar-refractivity contribution in [2.45, 2.75) is 70.8 Å². The first-order valence-corrected chi connectivity index (χ1v) is 11.1. The van der Waals surface area contributed by atoms with Gasteiger partial charge in [-0.3, -0.25) is 4.79 Å². The number of halogens is 2. The predicted octanol–water partition coefficient (Wildman–Crippen LogP) is 6.62. The Morgan fingerprint density at radius 1 is 1.17 bits per heavy atom. The largest absolute Gasteiger partial charge is 0.491 e. The van der Waals surface area contributed by atoms with Crippen LogP contribution >= 0.6 is 0 Å². The molecule has 0 N–H and O–H groups in total. The van der Waals surface area contributed by atoms with E-state index in [1.54, 1.807) is 13.0 Å². The van der Waals surface area contributed by atoms with E-state index in [-0.39, 0.29) is 35.9 Å². The molecular formula is C25H32F2O3. The van der Waals surface area contributed by atoms with Gasteiger partial charge in [0.2, 0.25) is 5.82 Å². The summed E-state index contributed by atoms with van der Waals surface area (Å²) in [5.74, 6) is -1.31. The fraction of sp³-hybridized carbons (Fsp3) is 0.560. The van der Waals surface area contributed by atoms with E-state index in [9.17, 15) is 13.6 Å². The summed E-state index contributed by atoms with van der Waals surface area (Å²) in [5, 5.41) is 0. The van der Waals surface area contributed by atoms with Crippen molar-refractivity contribution in [3.8, 4) is 5.75 Å². The zero-order valence-corrected chi connectivity index (χ0v) is 17.8. The van der Waals surface area contributed by atoms with Crippen molar-refractivity contribution in [2.24, 2.45) is 11.8 Å². The fourth-order valence-electron chi connectivity index (χ4n) is 4.51. The van der Waals surface area contributed by atoms with Crippen LogP contribution in [0, 0.1) is 23.5 Å². The molecule has 0 radical (unpaired) electrons. The third kappa shape index (κ3) is 5.50. The molecule has 1 unspecified atom stereocenters. The molecule has 1 fully saturated rings. The summed E-state index contributed by atoms with van der Waals surface area (Å²) in [5.41, 5.74) is 1.02. The number of hydrogen-bond donors (Lipinski definition) is 0. The Morgan fingerprint density at radius 2 is 1.93 bits per heavy atom. The Hall–Kier alpha value is -2.17. The second kappa shape index (κ2) is 10.7. The molecule has 0 aliphatic heterocycles. The number of carbonyl (C=O) groups excluding carboxylic acids is 1. The number of allylic oxidation sites excluding steroid dienone is 2. The minimum atomic E-state index is -0.951. The Morgan fingerprint density at radius 3 is 2.57 bits per heavy atom. The van der Waals surface area contributed by atoms with Crippen molar-refractivity contribution in [3.05, 3.63) is 48.1 Å². The van der Waals surface area contributed by atoms with Gasteiger partial charge >= 0.3 is 5.97 Å². The van der Waals surface area contributed by atoms with Crippen LogP contribution in [-0.2, 0) is 9.53 Å². The van der Waals surface area contributed by atoms with Crippen LogP contribution in [0.15, 0.2) is 30.9 Å². The van der Waals surface area contributed by atoms with E-state index < -0.39 is 11.6 Å². The van der Waals surface area contributed by atoms with E-state index >= 15 is 0 Å². The van der Waals surface area contributed by atoms with E-state index in [0.29, 0.717) is 25.2 Å². The maximum Gasteiger partial charge on any atom is 0.309 e. The second-order valence-corrected chi connectivity index (χ2v) is 8.32. The standard InChI is InChI=1S/C25H32F2O3/c1-3-5-6-17-7-9-19(10-8-17)25(28)30-20-13-11-18(12-14-20)21-15-16-22(29-4-2)24(27)23(21)26/h3,11,15-17,19-20H,1,4-10,12-14H2,2H3. The minimum Gasteiger partial charge on any atom is -0.491 e. The highest BCUT2D eigenvalue weighted by Gasteiger charge is 2.29. The van der Waals surface area contributed by atoms with Crippen LogP contribution in [0.4, 0.5) is 8.78 Å². The van der Waals surface area contributed by atoms with Gasteiger partial charge in [-0.15, -0.1) is 6.58 Å². The van der Waals surface area contributed by atoms with Gasteiger partial charge < -0.3 is 9.47 Å². The van der Waals surface area contributed by atoms with Crippen molar-refractivity contribution in [1.82, 2.24) is 0 Å². The lowest BCUT2D eigenvalue weighted by atomic mass is 9.80. The minimum absolute atomic E-state index is 0.00647. The SMILES string of the molecule is C=CCCC1CCC(C(=O)OC2CC=C(c3ccc(OCC)c(F)c3F)CC2)CC1. The van der Waals surface area contributed by atoms with E-state index in [2.05, 4.69) is 6.58 Å². The normalized spacial score (nSPS) is 24.1. The zero-order valence-electron chi connectivity index (χ0n) is 17.8. The Kier molecular flexibility index (Phi) is 8.06. The zero-order chi connectivity index (χ0) is 21.5. The molecular weight excluding hydrogens is 386 g/mol. The molecule has 3 nitrogen and oxygen atoms in total. The quantitative estimate of drug-likeness (QED) is 0.352. The molecule has 1 atom stereocenters. The molecule has 0 heterocycles. The first-order valence-electron chi connectivity index (χ1n) is 11.1. The van der Waals surface area contributed by atoms with Gasteiger partial charge in [0.25, 0.3) is 0 Å². The summed E-state index contributed by atoms with van der Waals surface area (Å²) < 4.78 is 39.5. The molecule has 0 saturated heterocycles. The van der Waals surface area contributed by atoms with Crippen LogP contribution in [0.2, 0.25) is 0 Å². The smallest absolute Gasteiger partial charge is 0.309 e. The fourth-order valence-corrected chi connectivity index (χ4v) is 4.51. The Bertz CT molecular complexity index is 779. The van der Waals surface area contributed by atoms with Gasteiger partial charge in [-0.1, -0.05) is 12.2 Å². The lowest BCUT2D eigenvalue weighted by Gasteiger charge is -2.29. The lowest BCUT2D eigenvalue weighted by molar-refractivity contribution is -0.155. The van der Waals surface area contributed by atoms with Gasteiger partial charge in [0, 0.05) is 12.0 Å². The molecule has 0 amide bonds. The average Bonchev–Trinajstić information content (AvgIpc) is 2.77. The topological polar surface area (TPSA) is 35.5 Å². The first kappa shape index (κ1) is 22.5. The maximum absolute atomic E-state index is 14.4. The molecule has 164 valence electrons. The number of esters is 1. The highest BCUT2D eigenvalue weighted by molar-refractivity contribution is 5.73. The second-order valence-electron chi connectivity index (χ2n) is 8.32. The van der Waals surface area contributed by atoms with Crippen molar-refractivity contribution < 1.29 is 23.0 Å². The van der Waals surface area contributed by atoms with Crippen LogP contribution in [0.1, 0.15) is 70.3 Å². The van der Waals surface area contributed by atoms with Crippen LogP contribution in [0.3, 0.4) is 0 Å². The van der Waals surface area contributed by atoms with E-state index in [0.717, 1.165) is 44.1 Å². The number of carbonyl (C=O) groups is 1. The summed E-state index contributed by atoms with van der Waals surface area (Å²) in [6, 6.07) is 3.03. The monoisotopic (exact) mass is 418 g/mol. The Balaban J connectivity index is 1.52. The first-order chi connectivity index (χ1) is 14.5. The van der Waals surface area contributed by atoms with Gasteiger partial charge in [0.15, 0.2) is 11.6 Å². The summed E-state index contributed by atoms with van der Waals surface area (Å²) >= 11 is 0. The van der Waals surface area contributed by atoms with Crippen molar-refractivity contribution in [1.29, 1.82) is 0 Å². The van der Waals surface area contributed by atoms with Crippen LogP contribution in [-0.4, -0.2) is 18.7 Å². The Labute approximate surface area is 178 Å². The van der Waals surface area contributed by atoms with Crippen LogP contribution in [0.5, 0.6) is 5.75 Å². The molecule has 1 aromatic rings. The number of ether oxygens (including phenoxy) is 2. The third-order valence-corrected chi connectivity index (χ3v) is 6.30. The summed E-state index contributed by atoms with van der Waals surface area (Å²) in [6.07, 6.45) is 11.5. The van der Waals surface area contributed by atoms with E-state index in [1.807, 2.05) is 12.2 Å². The molecule has 3 rings (SSSR count). The van der Waals surface area contributed by atoms with Crippen molar-refractivity contribution >= 4 is 11.5 Å². The summed E-state index contributed by atoms with van der Waals surface area (Å²) in [6.45, 7) is 5.78. The molecule has 0 aromatic heterocycles. The van der Waals surface area contributed by atoms with Crippen LogP contribution in [0.25, 0.3) is 5.57 Å². The number of rotatable bonds is 8. The van der Waals surface area contributed by atoms with Gasteiger partial charge in [-0.05, 0) is 81.9 Å². The molecule has 1 saturated carbocycles. The van der Waals surface area contributed by atoms with Crippen LogP contribution < -0.4 is 4.74 Å². The third-order valence-electron chi connectivity index (χ3n) is 6.30. The van der Waals surface area contributed by atoms with E-state index in [4.69, 9.17) is 9.47 Å². The highest BCUT2D eigenvalue weighted by atomic mass is 19.2. The summed E-state index contributed by atoms with van der Waals surface area (Å²) in [4.78, 5) is 12.6. The van der Waals surface area contributed by atoms with Gasteiger partial charge in [0.1, 0.15) is 6.10 Å². The molecule has 0 bridgehead atoms. The molecule has 2 aliphatic rings. The molecule has 30 heavy (non-hydrogen) atoms. The number of hydrogen-bond acceptors (Lipinski definition) is 3. The number of benzene rings is 1. The van der Waals surface area contributed by atoms with Crippen molar-refractivity contribution in [3.63, 3.8) is 0 Å². The predicted molar refractivity (Wildman–Crippen MR) is 114 cm³/mol.